The number of thiophene rings is 1. The Morgan fingerprint density at radius 1 is 1.26 bits per heavy atom. The Morgan fingerprint density at radius 3 is 2.76 bits per heavy atom. The molecule has 7 rings (SSSR count). The van der Waals surface area contributed by atoms with Crippen LogP contribution >= 0.6 is 22.9 Å². The summed E-state index contributed by atoms with van der Waals surface area (Å²) >= 11 is 8.18. The van der Waals surface area contributed by atoms with E-state index >= 15 is 4.39 Å². The Kier molecular flexibility index (Phi) is 6.33. The summed E-state index contributed by atoms with van der Waals surface area (Å²) < 4.78 is 26.7. The number of rotatable bonds is 3. The van der Waals surface area contributed by atoms with Crippen molar-refractivity contribution in [3.8, 4) is 17.2 Å². The van der Waals surface area contributed by atoms with Crippen molar-refractivity contribution in [2.45, 2.75) is 45.6 Å². The Bertz CT molecular complexity index is 1850. The molecule has 0 unspecified atom stereocenters. The lowest BCUT2D eigenvalue weighted by molar-refractivity contribution is 0.0636. The number of carbonyl (C=O) groups is 1. The van der Waals surface area contributed by atoms with E-state index in [1.807, 2.05) is 6.20 Å². The lowest BCUT2D eigenvalue weighted by atomic mass is 9.91. The normalized spacial score (nSPS) is 20.0. The SMILES string of the molecule is CN1C[C@H]2CN(c3ncc4c5c(c(-c6ccc(F)c7sc(NC(=O)OC(C)(C)C)c(C#N)c67)c(Cl)c4n3)COC5)C[C@H]21. The van der Waals surface area contributed by atoms with Crippen molar-refractivity contribution in [1.82, 2.24) is 14.9 Å². The fourth-order valence-electron chi connectivity index (χ4n) is 6.37. The molecule has 2 aromatic carbocycles. The molecule has 2 fully saturated rings. The molecule has 42 heavy (non-hydrogen) atoms. The molecule has 0 spiro atoms. The van der Waals surface area contributed by atoms with Crippen LogP contribution in [0.2, 0.25) is 5.02 Å². The van der Waals surface area contributed by atoms with Crippen molar-refractivity contribution in [2.75, 3.05) is 36.9 Å². The number of nitrogens with one attached hydrogen (secondary N) is 1. The highest BCUT2D eigenvalue weighted by Crippen LogP contribution is 2.49. The molecule has 3 aliphatic heterocycles. The van der Waals surface area contributed by atoms with E-state index in [2.05, 4.69) is 28.2 Å². The van der Waals surface area contributed by atoms with Crippen molar-refractivity contribution < 1.29 is 18.7 Å². The molecule has 9 nitrogen and oxygen atoms in total. The van der Waals surface area contributed by atoms with Crippen LogP contribution in [0.4, 0.5) is 20.1 Å². The van der Waals surface area contributed by atoms with Gasteiger partial charge in [0.05, 0.1) is 34.0 Å². The number of nitriles is 1. The van der Waals surface area contributed by atoms with Gasteiger partial charge in [0.25, 0.3) is 0 Å². The minimum Gasteiger partial charge on any atom is -0.444 e. The van der Waals surface area contributed by atoms with Crippen LogP contribution in [0.5, 0.6) is 0 Å². The van der Waals surface area contributed by atoms with Gasteiger partial charge in [0, 0.05) is 54.1 Å². The number of hydrogen-bond donors (Lipinski definition) is 1. The Labute approximate surface area is 250 Å². The van der Waals surface area contributed by atoms with E-state index in [9.17, 15) is 10.1 Å². The molecule has 4 aromatic rings. The molecule has 2 saturated heterocycles. The Morgan fingerprint density at radius 2 is 2.05 bits per heavy atom. The van der Waals surface area contributed by atoms with Crippen molar-refractivity contribution in [1.29, 1.82) is 5.26 Å². The summed E-state index contributed by atoms with van der Waals surface area (Å²) in [4.78, 5) is 26.8. The molecule has 0 aliphatic carbocycles. The quantitative estimate of drug-likeness (QED) is 0.290. The van der Waals surface area contributed by atoms with Gasteiger partial charge in [-0.2, -0.15) is 5.26 Å². The molecule has 2 aromatic heterocycles. The number of likely N-dealkylation sites (N-methyl/N-ethyl adjacent to an activating group) is 1. The Hall–Kier alpha value is -3.56. The van der Waals surface area contributed by atoms with Crippen molar-refractivity contribution in [3.63, 3.8) is 0 Å². The van der Waals surface area contributed by atoms with Crippen LogP contribution in [0.1, 0.15) is 37.5 Å². The van der Waals surface area contributed by atoms with E-state index in [4.69, 9.17) is 31.0 Å². The van der Waals surface area contributed by atoms with Gasteiger partial charge in [-0.1, -0.05) is 17.7 Å². The third-order valence-electron chi connectivity index (χ3n) is 8.25. The number of ether oxygens (including phenoxy) is 2. The molecule has 216 valence electrons. The molecular formula is C30H28ClFN6O3S. The molecular weight excluding hydrogens is 579 g/mol. The number of amides is 1. The highest BCUT2D eigenvalue weighted by Gasteiger charge is 2.44. The zero-order valence-electron chi connectivity index (χ0n) is 23.5. The van der Waals surface area contributed by atoms with Crippen molar-refractivity contribution >= 4 is 61.0 Å². The van der Waals surface area contributed by atoms with Crippen LogP contribution in [0.3, 0.4) is 0 Å². The third kappa shape index (κ3) is 4.28. The summed E-state index contributed by atoms with van der Waals surface area (Å²) in [7, 11) is 2.14. The second kappa shape index (κ2) is 9.74. The molecule has 0 saturated carbocycles. The molecule has 0 radical (unpaired) electrons. The number of likely N-dealkylation sites (tertiary alicyclic amines) is 1. The summed E-state index contributed by atoms with van der Waals surface area (Å²) in [6.45, 7) is 8.71. The first-order valence-corrected chi connectivity index (χ1v) is 14.9. The molecule has 3 aliphatic rings. The number of anilines is 2. The van der Waals surface area contributed by atoms with Gasteiger partial charge in [0.15, 0.2) is 0 Å². The fourth-order valence-corrected chi connectivity index (χ4v) is 7.80. The van der Waals surface area contributed by atoms with Gasteiger partial charge in [-0.15, -0.1) is 11.3 Å². The largest absolute Gasteiger partial charge is 0.444 e. The monoisotopic (exact) mass is 606 g/mol. The van der Waals surface area contributed by atoms with E-state index in [0.717, 1.165) is 47.5 Å². The standard InChI is InChI=1S/C30H28ClFN6O3S/c1-30(2,3)41-29(39)36-27-16(7-33)23-15(5-6-20(32)26(23)42-27)22-19-13-40-12-18(19)17-8-34-28(35-25(17)24(22)31)38-10-14-9-37(4)21(14)11-38/h5-6,8,14,21H,9-13H2,1-4H3,(H,36,39)/t14-,21+/m0/s1. The first-order chi connectivity index (χ1) is 20.0. The fraction of sp³-hybridized carbons (Fsp3) is 0.400. The molecule has 0 bridgehead atoms. The third-order valence-corrected chi connectivity index (χ3v) is 9.73. The topological polar surface area (TPSA) is 104 Å². The van der Waals surface area contributed by atoms with Crippen LogP contribution in [0, 0.1) is 23.1 Å². The van der Waals surface area contributed by atoms with Gasteiger partial charge in [-0.05, 0) is 50.6 Å². The number of fused-ring (bicyclic) bond motifs is 5. The zero-order valence-corrected chi connectivity index (χ0v) is 25.1. The van der Waals surface area contributed by atoms with Gasteiger partial charge < -0.3 is 19.3 Å². The molecule has 1 N–H and O–H groups in total. The minimum atomic E-state index is -0.742. The smallest absolute Gasteiger partial charge is 0.412 e. The zero-order chi connectivity index (χ0) is 29.5. The first kappa shape index (κ1) is 27.3. The Balaban J connectivity index is 1.39. The van der Waals surface area contributed by atoms with E-state index in [1.54, 1.807) is 26.8 Å². The van der Waals surface area contributed by atoms with Crippen molar-refractivity contribution in [2.24, 2.45) is 5.92 Å². The summed E-state index contributed by atoms with van der Waals surface area (Å²) in [5.41, 5.74) is 2.99. The maximum atomic E-state index is 15.2. The highest BCUT2D eigenvalue weighted by molar-refractivity contribution is 7.23. The maximum Gasteiger partial charge on any atom is 0.412 e. The number of benzene rings is 2. The first-order valence-electron chi connectivity index (χ1n) is 13.7. The number of halogens is 2. The average Bonchev–Trinajstić information content (AvgIpc) is 3.64. The van der Waals surface area contributed by atoms with E-state index < -0.39 is 17.5 Å². The second-order valence-electron chi connectivity index (χ2n) is 12.1. The summed E-state index contributed by atoms with van der Waals surface area (Å²) in [6.07, 6.45) is 1.09. The maximum absolute atomic E-state index is 15.2. The predicted molar refractivity (Wildman–Crippen MR) is 161 cm³/mol. The number of carbonyl (C=O) groups excluding carboxylic acids is 1. The number of aromatic nitrogens is 2. The number of nitrogens with zero attached hydrogens (tertiary/aromatic N) is 5. The lowest BCUT2D eigenvalue weighted by Crippen LogP contribution is -2.52. The summed E-state index contributed by atoms with van der Waals surface area (Å²) in [5.74, 6) is 0.724. The van der Waals surface area contributed by atoms with Crippen LogP contribution in [0.15, 0.2) is 18.3 Å². The molecule has 1 amide bonds. The van der Waals surface area contributed by atoms with Crippen LogP contribution in [-0.2, 0) is 22.7 Å². The number of hydrogen-bond acceptors (Lipinski definition) is 9. The summed E-state index contributed by atoms with van der Waals surface area (Å²) in [6, 6.07) is 5.67. The van der Waals surface area contributed by atoms with E-state index in [-0.39, 0.29) is 15.3 Å². The van der Waals surface area contributed by atoms with Gasteiger partial charge in [-0.3, -0.25) is 5.32 Å². The lowest BCUT2D eigenvalue weighted by Gasteiger charge is -2.40. The second-order valence-corrected chi connectivity index (χ2v) is 13.5. The van der Waals surface area contributed by atoms with E-state index in [1.165, 1.54) is 6.07 Å². The average molecular weight is 607 g/mol. The summed E-state index contributed by atoms with van der Waals surface area (Å²) in [5, 5.41) is 14.7. The highest BCUT2D eigenvalue weighted by atomic mass is 35.5. The van der Waals surface area contributed by atoms with Crippen LogP contribution < -0.4 is 10.2 Å². The molecule has 12 heteroatoms. The van der Waals surface area contributed by atoms with Crippen molar-refractivity contribution in [3.05, 3.63) is 45.9 Å². The minimum absolute atomic E-state index is 0.138. The van der Waals surface area contributed by atoms with Crippen LogP contribution in [0.25, 0.3) is 32.1 Å². The van der Waals surface area contributed by atoms with Gasteiger partial charge >= 0.3 is 6.09 Å². The van der Waals surface area contributed by atoms with Gasteiger partial charge in [-0.25, -0.2) is 19.2 Å². The molecule has 5 heterocycles. The van der Waals surface area contributed by atoms with E-state index in [0.29, 0.717) is 58.2 Å². The van der Waals surface area contributed by atoms with Crippen LogP contribution in [-0.4, -0.2) is 59.3 Å². The predicted octanol–water partition coefficient (Wildman–Crippen LogP) is 6.30. The molecule has 2 atom stereocenters. The van der Waals surface area contributed by atoms with Gasteiger partial charge in [0.2, 0.25) is 5.95 Å². The van der Waals surface area contributed by atoms with Gasteiger partial charge in [0.1, 0.15) is 22.5 Å².